The molecule has 344 valence electrons. The van der Waals surface area contributed by atoms with Gasteiger partial charge in [-0.15, -0.1) is 6.58 Å². The maximum Gasteiger partial charge on any atom is 0.415 e. The number of aldehydes is 1. The van der Waals surface area contributed by atoms with Crippen molar-refractivity contribution in [2.45, 2.75) is 102 Å². The Kier molecular flexibility index (Phi) is 15.9. The number of benzene rings is 3. The number of nitro benzene ring substituents is 1. The molecular formula is C49H61N3O12. The highest BCUT2D eigenvalue weighted by atomic mass is 16.7. The molecule has 3 aromatic rings. The number of amides is 1. The number of nitro groups is 1. The normalized spacial score (nSPS) is 22.8. The third kappa shape index (κ3) is 10.6. The number of rotatable bonds is 21. The second-order valence-corrected chi connectivity index (χ2v) is 17.4. The van der Waals surface area contributed by atoms with Crippen molar-refractivity contribution in [1.82, 2.24) is 4.90 Å². The lowest BCUT2D eigenvalue weighted by Gasteiger charge is -2.60. The first-order valence-electron chi connectivity index (χ1n) is 22.1. The Labute approximate surface area is 374 Å². The van der Waals surface area contributed by atoms with Gasteiger partial charge in [0, 0.05) is 49.8 Å². The average molecular weight is 884 g/mol. The van der Waals surface area contributed by atoms with Crippen molar-refractivity contribution in [3.05, 3.63) is 106 Å². The van der Waals surface area contributed by atoms with Crippen LogP contribution in [0.5, 0.6) is 28.7 Å². The summed E-state index contributed by atoms with van der Waals surface area (Å²) in [5, 5.41) is 36.2. The Morgan fingerprint density at radius 2 is 1.70 bits per heavy atom. The van der Waals surface area contributed by atoms with Crippen LogP contribution >= 0.6 is 0 Å². The van der Waals surface area contributed by atoms with E-state index in [4.69, 9.17) is 33.7 Å². The number of hydrogen-bond donors (Lipinski definition) is 2. The second kappa shape index (κ2) is 21.3. The number of nitrogens with zero attached hydrogens (tertiary/aromatic N) is 3. The summed E-state index contributed by atoms with van der Waals surface area (Å²) < 4.78 is 32.1. The largest absolute Gasteiger partial charge is 0.496 e. The zero-order valence-electron chi connectivity index (χ0n) is 37.4. The molecule has 1 saturated carbocycles. The van der Waals surface area contributed by atoms with Crippen LogP contribution in [0, 0.1) is 27.9 Å². The minimum Gasteiger partial charge on any atom is -0.496 e. The van der Waals surface area contributed by atoms with Gasteiger partial charge in [-0.2, -0.15) is 0 Å². The van der Waals surface area contributed by atoms with Crippen molar-refractivity contribution in [3.8, 4) is 28.7 Å². The summed E-state index contributed by atoms with van der Waals surface area (Å²) in [6.45, 7) is 12.1. The van der Waals surface area contributed by atoms with Gasteiger partial charge >= 0.3 is 6.09 Å². The SMILES string of the molecule is C=CCOC12Oc3ccc(Oc4ccc(OC)c(C=O)c4)cc3C3C(CCCCO)C(CCCCO)C=C(C(=NOC(C)(C)C)CC1N(CCC)C(=O)Oc1ccc([N+](=O)[O-])cc1)C32. The number of carbonyl (C=O) groups is 2. The molecule has 3 aliphatic rings. The van der Waals surface area contributed by atoms with Crippen molar-refractivity contribution in [2.24, 2.45) is 22.9 Å². The van der Waals surface area contributed by atoms with E-state index in [9.17, 15) is 29.9 Å². The summed E-state index contributed by atoms with van der Waals surface area (Å²) in [7, 11) is 1.50. The minimum absolute atomic E-state index is 0.00101. The van der Waals surface area contributed by atoms with E-state index in [2.05, 4.69) is 12.7 Å². The molecule has 2 N–H and O–H groups in total. The van der Waals surface area contributed by atoms with Crippen molar-refractivity contribution >= 4 is 23.8 Å². The Morgan fingerprint density at radius 3 is 2.34 bits per heavy atom. The quantitative estimate of drug-likeness (QED) is 0.0339. The minimum atomic E-state index is -1.54. The van der Waals surface area contributed by atoms with Crippen LogP contribution in [0.4, 0.5) is 10.5 Å². The van der Waals surface area contributed by atoms with Gasteiger partial charge in [0.15, 0.2) is 6.29 Å². The highest BCUT2D eigenvalue weighted by molar-refractivity contribution is 6.03. The molecule has 2 aliphatic carbocycles. The highest BCUT2D eigenvalue weighted by Crippen LogP contribution is 2.62. The second-order valence-electron chi connectivity index (χ2n) is 17.4. The van der Waals surface area contributed by atoms with Crippen molar-refractivity contribution in [2.75, 3.05) is 33.5 Å². The monoisotopic (exact) mass is 883 g/mol. The number of aliphatic hydroxyl groups excluding tert-OH is 2. The fourth-order valence-corrected chi connectivity index (χ4v) is 9.32. The first kappa shape index (κ1) is 47.7. The number of hydrogen-bond acceptors (Lipinski definition) is 13. The van der Waals surface area contributed by atoms with Crippen LogP contribution in [0.3, 0.4) is 0 Å². The Balaban J connectivity index is 1.58. The smallest absolute Gasteiger partial charge is 0.415 e. The third-order valence-corrected chi connectivity index (χ3v) is 12.0. The Morgan fingerprint density at radius 1 is 1.02 bits per heavy atom. The van der Waals surface area contributed by atoms with Crippen molar-refractivity contribution in [3.63, 3.8) is 0 Å². The molecule has 1 fully saturated rings. The molecule has 6 unspecified atom stereocenters. The number of non-ortho nitro benzene ring substituents is 1. The summed E-state index contributed by atoms with van der Waals surface area (Å²) >= 11 is 0. The van der Waals surface area contributed by atoms with Gasteiger partial charge in [0.2, 0.25) is 5.79 Å². The lowest BCUT2D eigenvalue weighted by Crippen LogP contribution is -2.70. The number of allylic oxidation sites excluding steroid dienone is 1. The lowest BCUT2D eigenvalue weighted by molar-refractivity contribution is -0.384. The predicted octanol–water partition coefficient (Wildman–Crippen LogP) is 9.55. The van der Waals surface area contributed by atoms with E-state index in [0.717, 1.165) is 36.8 Å². The molecule has 0 bridgehead atoms. The third-order valence-electron chi connectivity index (χ3n) is 12.0. The average Bonchev–Trinajstić information content (AvgIpc) is 3.28. The van der Waals surface area contributed by atoms with E-state index >= 15 is 0 Å². The van der Waals surface area contributed by atoms with Crippen LogP contribution in [0.1, 0.15) is 101 Å². The molecule has 3 aromatic carbocycles. The Bertz CT molecular complexity index is 2180. The van der Waals surface area contributed by atoms with Gasteiger partial charge in [-0.3, -0.25) is 19.8 Å². The molecule has 15 heteroatoms. The zero-order valence-corrected chi connectivity index (χ0v) is 37.4. The molecule has 0 spiro atoms. The number of aliphatic hydroxyl groups is 2. The molecule has 6 rings (SSSR count). The van der Waals surface area contributed by atoms with E-state index in [0.29, 0.717) is 59.8 Å². The topological polar surface area (TPSA) is 189 Å². The van der Waals surface area contributed by atoms with Gasteiger partial charge < -0.3 is 38.7 Å². The first-order chi connectivity index (χ1) is 30.8. The predicted molar refractivity (Wildman–Crippen MR) is 240 cm³/mol. The maximum absolute atomic E-state index is 14.6. The maximum atomic E-state index is 14.6. The molecule has 15 nitrogen and oxygen atoms in total. The number of ether oxygens (including phenoxy) is 5. The highest BCUT2D eigenvalue weighted by Gasteiger charge is 2.65. The van der Waals surface area contributed by atoms with Crippen LogP contribution in [0.25, 0.3) is 0 Å². The number of carbonyl (C=O) groups excluding carboxylic acids is 2. The van der Waals surface area contributed by atoms with E-state index in [1.165, 1.54) is 31.4 Å². The van der Waals surface area contributed by atoms with E-state index in [-0.39, 0.29) is 62.0 Å². The van der Waals surface area contributed by atoms with Crippen LogP contribution in [0.2, 0.25) is 0 Å². The van der Waals surface area contributed by atoms with Gasteiger partial charge in [-0.25, -0.2) is 4.79 Å². The van der Waals surface area contributed by atoms with Gasteiger partial charge in [0.25, 0.3) is 5.69 Å². The molecule has 1 aliphatic heterocycles. The van der Waals surface area contributed by atoms with E-state index in [1.54, 1.807) is 35.2 Å². The lowest BCUT2D eigenvalue weighted by atomic mass is 9.55. The molecule has 0 aromatic heterocycles. The number of unbranched alkanes of at least 4 members (excludes halogenated alkanes) is 2. The van der Waals surface area contributed by atoms with E-state index in [1.807, 2.05) is 39.8 Å². The van der Waals surface area contributed by atoms with Crippen LogP contribution in [-0.2, 0) is 9.57 Å². The number of oxime groups is 1. The van der Waals surface area contributed by atoms with Crippen molar-refractivity contribution in [1.29, 1.82) is 0 Å². The van der Waals surface area contributed by atoms with Crippen LogP contribution in [-0.4, -0.2) is 89.0 Å². The standard InChI is InChI=1S/C49H61N3O12/c1-7-23-51(47(56)62-35-17-15-34(16-18-35)52(57)58)44-30-41(50-64-48(3,4)5)39-28-32(13-9-11-24-53)38(14-10-12-25-54)45-40-29-37(61-36-19-21-42(59-6)33(27-36)31-55)20-22-43(40)63-49(44,46(39)45)60-26-8-2/h8,15-22,27-29,31-32,38,44-46,53-54H,2,7,9-14,23-26,30H2,1,3-6H3. The zero-order chi connectivity index (χ0) is 46.0. The summed E-state index contributed by atoms with van der Waals surface area (Å²) in [4.78, 5) is 45.3. The fraction of sp³-hybridized carbons (Fsp3) is 0.490. The molecule has 1 heterocycles. The van der Waals surface area contributed by atoms with Crippen molar-refractivity contribution < 1.29 is 53.2 Å². The molecular weight excluding hydrogens is 823 g/mol. The van der Waals surface area contributed by atoms with Gasteiger partial charge in [0.05, 0.1) is 35.8 Å². The van der Waals surface area contributed by atoms with Gasteiger partial charge in [0.1, 0.15) is 40.4 Å². The Hall–Kier alpha value is -5.77. The van der Waals surface area contributed by atoms with Crippen LogP contribution < -0.4 is 18.9 Å². The molecule has 6 atom stereocenters. The first-order valence-corrected chi connectivity index (χ1v) is 22.1. The molecule has 64 heavy (non-hydrogen) atoms. The summed E-state index contributed by atoms with van der Waals surface area (Å²) in [5.41, 5.74) is 1.87. The molecule has 0 radical (unpaired) electrons. The van der Waals surface area contributed by atoms with Gasteiger partial charge in [-0.1, -0.05) is 37.1 Å². The van der Waals surface area contributed by atoms with Crippen LogP contribution in [0.15, 0.2) is 90.1 Å². The van der Waals surface area contributed by atoms with Gasteiger partial charge in [-0.05, 0) is 119 Å². The summed E-state index contributed by atoms with van der Waals surface area (Å²) in [6, 6.07) is 15.1. The summed E-state index contributed by atoms with van der Waals surface area (Å²) in [5.74, 6) is -0.474. The molecule has 0 saturated heterocycles. The van der Waals surface area contributed by atoms with E-state index < -0.39 is 34.4 Å². The summed E-state index contributed by atoms with van der Waals surface area (Å²) in [6.07, 6.45) is 8.85. The number of fused-ring (bicyclic) bond motifs is 2. The molecule has 1 amide bonds. The fourth-order valence-electron chi connectivity index (χ4n) is 9.32. The number of methoxy groups -OCH3 is 1.